The summed E-state index contributed by atoms with van der Waals surface area (Å²) in [5.41, 5.74) is 0.748. The number of carbonyl (C=O) groups is 1. The van der Waals surface area contributed by atoms with Gasteiger partial charge < -0.3 is 9.64 Å². The van der Waals surface area contributed by atoms with Gasteiger partial charge in [-0.3, -0.25) is 4.79 Å². The van der Waals surface area contributed by atoms with Gasteiger partial charge >= 0.3 is 0 Å². The Labute approximate surface area is 129 Å². The van der Waals surface area contributed by atoms with Crippen LogP contribution in [-0.2, 0) is 0 Å². The van der Waals surface area contributed by atoms with Gasteiger partial charge in [-0.15, -0.1) is 0 Å². The predicted octanol–water partition coefficient (Wildman–Crippen LogP) is 3.87. The molecule has 1 aliphatic rings. The second kappa shape index (κ2) is 7.67. The first-order chi connectivity index (χ1) is 9.76. The molecule has 0 heterocycles. The molecule has 0 aliphatic heterocycles. The largest absolute Gasteiger partial charge is 0.497 e. The molecule has 1 aliphatic carbocycles. The number of hydrogen-bond donors (Lipinski definition) is 0. The average Bonchev–Trinajstić information content (AvgIpc) is 2.53. The van der Waals surface area contributed by atoms with E-state index in [-0.39, 0.29) is 5.91 Å². The Morgan fingerprint density at radius 3 is 2.45 bits per heavy atom. The third-order valence-corrected chi connectivity index (χ3v) is 4.29. The van der Waals surface area contributed by atoms with E-state index in [2.05, 4.69) is 15.9 Å². The monoisotopic (exact) mass is 339 g/mol. The molecule has 1 fully saturated rings. The maximum absolute atomic E-state index is 12.7. The Morgan fingerprint density at radius 1 is 1.25 bits per heavy atom. The highest BCUT2D eigenvalue weighted by Gasteiger charge is 2.25. The van der Waals surface area contributed by atoms with Crippen LogP contribution in [0, 0.1) is 0 Å². The standard InChI is InChI=1S/C16H22BrNO2/c1-20-15-9-7-13(8-10-15)16(19)18(12-11-17)14-5-3-2-4-6-14/h7-10,14H,2-6,11-12H2,1H3. The highest BCUT2D eigenvalue weighted by molar-refractivity contribution is 9.09. The fourth-order valence-corrected chi connectivity index (χ4v) is 3.22. The minimum atomic E-state index is 0.138. The summed E-state index contributed by atoms with van der Waals surface area (Å²) in [7, 11) is 1.63. The number of hydrogen-bond acceptors (Lipinski definition) is 2. The van der Waals surface area contributed by atoms with Crippen molar-refractivity contribution in [2.75, 3.05) is 19.0 Å². The zero-order valence-electron chi connectivity index (χ0n) is 12.0. The van der Waals surface area contributed by atoms with Gasteiger partial charge in [0.15, 0.2) is 0 Å². The molecular formula is C16H22BrNO2. The lowest BCUT2D eigenvalue weighted by molar-refractivity contribution is 0.0651. The van der Waals surface area contributed by atoms with Gasteiger partial charge in [0.05, 0.1) is 7.11 Å². The zero-order valence-corrected chi connectivity index (χ0v) is 13.6. The van der Waals surface area contributed by atoms with E-state index in [1.807, 2.05) is 29.2 Å². The second-order valence-corrected chi connectivity index (χ2v) is 6.00. The topological polar surface area (TPSA) is 29.5 Å². The Balaban J connectivity index is 2.12. The molecule has 0 aromatic heterocycles. The molecule has 1 saturated carbocycles. The summed E-state index contributed by atoms with van der Waals surface area (Å²) in [5, 5.41) is 0.825. The highest BCUT2D eigenvalue weighted by atomic mass is 79.9. The first-order valence-electron chi connectivity index (χ1n) is 7.27. The van der Waals surface area contributed by atoms with Crippen molar-refractivity contribution >= 4 is 21.8 Å². The van der Waals surface area contributed by atoms with Crippen LogP contribution >= 0.6 is 15.9 Å². The molecule has 0 N–H and O–H groups in total. The molecular weight excluding hydrogens is 318 g/mol. The molecule has 110 valence electrons. The quantitative estimate of drug-likeness (QED) is 0.762. The van der Waals surface area contributed by atoms with Crippen molar-refractivity contribution in [3.63, 3.8) is 0 Å². The number of carbonyl (C=O) groups excluding carboxylic acids is 1. The molecule has 0 saturated heterocycles. The molecule has 2 rings (SSSR count). The number of amides is 1. The summed E-state index contributed by atoms with van der Waals surface area (Å²) < 4.78 is 5.14. The minimum absolute atomic E-state index is 0.138. The average molecular weight is 340 g/mol. The van der Waals surface area contributed by atoms with Crippen LogP contribution in [0.25, 0.3) is 0 Å². The van der Waals surface area contributed by atoms with E-state index >= 15 is 0 Å². The molecule has 1 aromatic rings. The molecule has 20 heavy (non-hydrogen) atoms. The zero-order chi connectivity index (χ0) is 14.4. The van der Waals surface area contributed by atoms with E-state index in [4.69, 9.17) is 4.74 Å². The number of rotatable bonds is 5. The second-order valence-electron chi connectivity index (χ2n) is 5.21. The van der Waals surface area contributed by atoms with Gasteiger partial charge in [0, 0.05) is 23.5 Å². The van der Waals surface area contributed by atoms with Crippen LogP contribution in [0.3, 0.4) is 0 Å². The molecule has 1 aromatic carbocycles. The Kier molecular flexibility index (Phi) is 5.89. The van der Waals surface area contributed by atoms with Crippen molar-refractivity contribution in [2.24, 2.45) is 0 Å². The lowest BCUT2D eigenvalue weighted by Crippen LogP contribution is -2.42. The van der Waals surface area contributed by atoms with Gasteiger partial charge in [0.1, 0.15) is 5.75 Å². The van der Waals surface area contributed by atoms with Crippen LogP contribution in [0.15, 0.2) is 24.3 Å². The third kappa shape index (κ3) is 3.75. The molecule has 0 unspecified atom stereocenters. The number of alkyl halides is 1. The SMILES string of the molecule is COc1ccc(C(=O)N(CCBr)C2CCCCC2)cc1. The summed E-state index contributed by atoms with van der Waals surface area (Å²) in [6.45, 7) is 0.773. The Morgan fingerprint density at radius 2 is 1.90 bits per heavy atom. The van der Waals surface area contributed by atoms with Crippen molar-refractivity contribution in [3.05, 3.63) is 29.8 Å². The van der Waals surface area contributed by atoms with Crippen LogP contribution in [0.1, 0.15) is 42.5 Å². The fourth-order valence-electron chi connectivity index (χ4n) is 2.83. The first-order valence-corrected chi connectivity index (χ1v) is 8.39. The summed E-state index contributed by atoms with van der Waals surface area (Å²) in [5.74, 6) is 0.922. The number of methoxy groups -OCH3 is 1. The fraction of sp³-hybridized carbons (Fsp3) is 0.562. The van der Waals surface area contributed by atoms with Crippen molar-refractivity contribution < 1.29 is 9.53 Å². The molecule has 3 nitrogen and oxygen atoms in total. The minimum Gasteiger partial charge on any atom is -0.497 e. The molecule has 0 radical (unpaired) electrons. The third-order valence-electron chi connectivity index (χ3n) is 3.94. The summed E-state index contributed by atoms with van der Waals surface area (Å²) in [6, 6.07) is 7.80. The van der Waals surface area contributed by atoms with E-state index < -0.39 is 0 Å². The van der Waals surface area contributed by atoms with Gasteiger partial charge in [-0.2, -0.15) is 0 Å². The van der Waals surface area contributed by atoms with Gasteiger partial charge in [-0.05, 0) is 37.1 Å². The number of benzene rings is 1. The van der Waals surface area contributed by atoms with Crippen LogP contribution < -0.4 is 4.74 Å². The van der Waals surface area contributed by atoms with E-state index in [9.17, 15) is 4.79 Å². The van der Waals surface area contributed by atoms with Crippen molar-refractivity contribution in [1.29, 1.82) is 0 Å². The van der Waals surface area contributed by atoms with Crippen LogP contribution in [0.4, 0.5) is 0 Å². The van der Waals surface area contributed by atoms with Crippen molar-refractivity contribution in [1.82, 2.24) is 4.90 Å². The van der Waals surface area contributed by atoms with Crippen molar-refractivity contribution in [3.8, 4) is 5.75 Å². The molecule has 0 atom stereocenters. The maximum Gasteiger partial charge on any atom is 0.254 e. The van der Waals surface area contributed by atoms with E-state index in [0.717, 1.165) is 36.0 Å². The summed E-state index contributed by atoms with van der Waals surface area (Å²) >= 11 is 3.47. The molecule has 0 bridgehead atoms. The van der Waals surface area contributed by atoms with Gasteiger partial charge in [0.25, 0.3) is 5.91 Å². The number of nitrogens with zero attached hydrogens (tertiary/aromatic N) is 1. The molecule has 4 heteroatoms. The van der Waals surface area contributed by atoms with Crippen molar-refractivity contribution in [2.45, 2.75) is 38.1 Å². The summed E-state index contributed by atoms with van der Waals surface area (Å²) in [6.07, 6.45) is 6.04. The summed E-state index contributed by atoms with van der Waals surface area (Å²) in [4.78, 5) is 14.7. The highest BCUT2D eigenvalue weighted by Crippen LogP contribution is 2.24. The van der Waals surface area contributed by atoms with Crippen LogP contribution in [0.5, 0.6) is 5.75 Å². The van der Waals surface area contributed by atoms with Crippen LogP contribution in [-0.4, -0.2) is 35.8 Å². The van der Waals surface area contributed by atoms with Crippen LogP contribution in [0.2, 0.25) is 0 Å². The smallest absolute Gasteiger partial charge is 0.254 e. The van der Waals surface area contributed by atoms with E-state index in [0.29, 0.717) is 6.04 Å². The van der Waals surface area contributed by atoms with E-state index in [1.54, 1.807) is 7.11 Å². The van der Waals surface area contributed by atoms with Gasteiger partial charge in [-0.1, -0.05) is 35.2 Å². The number of halogens is 1. The molecule has 1 amide bonds. The van der Waals surface area contributed by atoms with Gasteiger partial charge in [-0.25, -0.2) is 0 Å². The van der Waals surface area contributed by atoms with E-state index in [1.165, 1.54) is 19.3 Å². The van der Waals surface area contributed by atoms with Gasteiger partial charge in [0.2, 0.25) is 0 Å². The first kappa shape index (κ1) is 15.4. The normalized spacial score (nSPS) is 15.9. The lowest BCUT2D eigenvalue weighted by atomic mass is 9.93. The maximum atomic E-state index is 12.7. The number of ether oxygens (including phenoxy) is 1. The Bertz CT molecular complexity index is 427. The predicted molar refractivity (Wildman–Crippen MR) is 84.7 cm³/mol. The lowest BCUT2D eigenvalue weighted by Gasteiger charge is -2.34. The Hall–Kier alpha value is -1.03. The molecule has 0 spiro atoms.